The van der Waals surface area contributed by atoms with Gasteiger partial charge < -0.3 is 10.0 Å². The lowest BCUT2D eigenvalue weighted by atomic mass is 9.82. The standard InChI is InChI=1S/C13H16FNO2/c1-15-7-5-13(17,6-8-15)12-10(9-16)3-2-4-11(12)14/h2-4,9,17H,5-8H2,1H3. The molecule has 0 bridgehead atoms. The fraction of sp³-hybridized carbons (Fsp3) is 0.462. The second-order valence-electron chi connectivity index (χ2n) is 4.66. The molecule has 1 aliphatic rings. The minimum absolute atomic E-state index is 0.156. The van der Waals surface area contributed by atoms with Crippen LogP contribution in [0.4, 0.5) is 4.39 Å². The monoisotopic (exact) mass is 237 g/mol. The fourth-order valence-corrected chi connectivity index (χ4v) is 2.37. The van der Waals surface area contributed by atoms with Gasteiger partial charge in [-0.15, -0.1) is 0 Å². The molecule has 0 spiro atoms. The molecule has 3 nitrogen and oxygen atoms in total. The van der Waals surface area contributed by atoms with Gasteiger partial charge in [0.1, 0.15) is 5.82 Å². The molecule has 1 fully saturated rings. The van der Waals surface area contributed by atoms with E-state index in [9.17, 15) is 14.3 Å². The Kier molecular flexibility index (Phi) is 3.26. The van der Waals surface area contributed by atoms with Crippen molar-refractivity contribution in [3.8, 4) is 0 Å². The van der Waals surface area contributed by atoms with Crippen LogP contribution in [-0.4, -0.2) is 36.4 Å². The molecule has 0 atom stereocenters. The summed E-state index contributed by atoms with van der Waals surface area (Å²) in [5.41, 5.74) is -0.811. The smallest absolute Gasteiger partial charge is 0.150 e. The molecule has 17 heavy (non-hydrogen) atoms. The third-order valence-corrected chi connectivity index (χ3v) is 3.45. The molecule has 1 saturated heterocycles. The van der Waals surface area contributed by atoms with Crippen molar-refractivity contribution in [3.63, 3.8) is 0 Å². The number of halogens is 1. The third-order valence-electron chi connectivity index (χ3n) is 3.45. The maximum atomic E-state index is 13.8. The Morgan fingerprint density at radius 1 is 1.41 bits per heavy atom. The minimum Gasteiger partial charge on any atom is -0.385 e. The number of carbonyl (C=O) groups excluding carboxylic acids is 1. The van der Waals surface area contributed by atoms with Crippen molar-refractivity contribution in [2.45, 2.75) is 18.4 Å². The zero-order valence-corrected chi connectivity index (χ0v) is 9.82. The van der Waals surface area contributed by atoms with Gasteiger partial charge in [0.2, 0.25) is 0 Å². The highest BCUT2D eigenvalue weighted by Gasteiger charge is 2.36. The third kappa shape index (κ3) is 2.23. The Balaban J connectivity index is 2.42. The van der Waals surface area contributed by atoms with E-state index in [1.807, 2.05) is 7.05 Å². The van der Waals surface area contributed by atoms with Crippen LogP contribution in [-0.2, 0) is 5.60 Å². The van der Waals surface area contributed by atoms with Crippen LogP contribution >= 0.6 is 0 Å². The van der Waals surface area contributed by atoms with Crippen LogP contribution in [0.5, 0.6) is 0 Å². The number of carbonyl (C=O) groups is 1. The second-order valence-corrected chi connectivity index (χ2v) is 4.66. The van der Waals surface area contributed by atoms with Gasteiger partial charge in [-0.05, 0) is 26.0 Å². The predicted molar refractivity (Wildman–Crippen MR) is 62.4 cm³/mol. The van der Waals surface area contributed by atoms with E-state index in [4.69, 9.17) is 0 Å². The molecule has 0 saturated carbocycles. The molecule has 1 aromatic rings. The topological polar surface area (TPSA) is 40.5 Å². The predicted octanol–water partition coefficient (Wildman–Crippen LogP) is 1.55. The Morgan fingerprint density at radius 3 is 2.65 bits per heavy atom. The maximum Gasteiger partial charge on any atom is 0.150 e. The molecule has 1 aliphatic heterocycles. The molecule has 1 N–H and O–H groups in total. The van der Waals surface area contributed by atoms with Crippen molar-refractivity contribution in [2.75, 3.05) is 20.1 Å². The zero-order valence-electron chi connectivity index (χ0n) is 9.82. The average molecular weight is 237 g/mol. The maximum absolute atomic E-state index is 13.8. The van der Waals surface area contributed by atoms with Crippen LogP contribution in [0, 0.1) is 5.82 Å². The van der Waals surface area contributed by atoms with Gasteiger partial charge in [0.25, 0.3) is 0 Å². The Hall–Kier alpha value is -1.26. The first kappa shape index (κ1) is 12.2. The molecule has 2 rings (SSSR count). The van der Waals surface area contributed by atoms with E-state index in [0.29, 0.717) is 32.2 Å². The van der Waals surface area contributed by atoms with E-state index in [1.165, 1.54) is 12.1 Å². The fourth-order valence-electron chi connectivity index (χ4n) is 2.37. The van der Waals surface area contributed by atoms with E-state index < -0.39 is 11.4 Å². The normalized spacial score (nSPS) is 20.2. The quantitative estimate of drug-likeness (QED) is 0.793. The first-order valence-electron chi connectivity index (χ1n) is 5.72. The SMILES string of the molecule is CN1CCC(O)(c2c(F)cccc2C=O)CC1. The highest BCUT2D eigenvalue weighted by molar-refractivity contribution is 5.78. The van der Waals surface area contributed by atoms with Crippen LogP contribution in [0.2, 0.25) is 0 Å². The number of aldehydes is 1. The summed E-state index contributed by atoms with van der Waals surface area (Å²) < 4.78 is 13.8. The van der Waals surface area contributed by atoms with Gasteiger partial charge in [-0.2, -0.15) is 0 Å². The van der Waals surface area contributed by atoms with E-state index in [1.54, 1.807) is 6.07 Å². The number of nitrogens with zero attached hydrogens (tertiary/aromatic N) is 1. The van der Waals surface area contributed by atoms with Crippen LogP contribution in [0.25, 0.3) is 0 Å². The van der Waals surface area contributed by atoms with Gasteiger partial charge in [-0.1, -0.05) is 12.1 Å². The first-order chi connectivity index (χ1) is 8.07. The van der Waals surface area contributed by atoms with Gasteiger partial charge in [0.05, 0.1) is 5.60 Å². The molecular weight excluding hydrogens is 221 g/mol. The van der Waals surface area contributed by atoms with Crippen LogP contribution in [0.1, 0.15) is 28.8 Å². The lowest BCUT2D eigenvalue weighted by Crippen LogP contribution is -2.41. The molecule has 92 valence electrons. The van der Waals surface area contributed by atoms with Crippen molar-refractivity contribution in [1.82, 2.24) is 4.90 Å². The lowest BCUT2D eigenvalue weighted by molar-refractivity contribution is -0.0234. The summed E-state index contributed by atoms with van der Waals surface area (Å²) in [6.07, 6.45) is 1.51. The van der Waals surface area contributed by atoms with Crippen molar-refractivity contribution in [1.29, 1.82) is 0 Å². The molecule has 0 unspecified atom stereocenters. The van der Waals surface area contributed by atoms with Gasteiger partial charge in [0, 0.05) is 24.2 Å². The minimum atomic E-state index is -1.21. The lowest BCUT2D eigenvalue weighted by Gasteiger charge is -2.37. The summed E-state index contributed by atoms with van der Waals surface area (Å²) in [6.45, 7) is 1.40. The number of likely N-dealkylation sites (tertiary alicyclic amines) is 1. The largest absolute Gasteiger partial charge is 0.385 e. The molecule has 1 aromatic carbocycles. The van der Waals surface area contributed by atoms with E-state index in [2.05, 4.69) is 4.90 Å². The molecule has 1 heterocycles. The van der Waals surface area contributed by atoms with Gasteiger partial charge in [-0.25, -0.2) is 4.39 Å². The summed E-state index contributed by atoms with van der Waals surface area (Å²) in [7, 11) is 1.96. The number of aliphatic hydroxyl groups is 1. The molecule has 0 aromatic heterocycles. The van der Waals surface area contributed by atoms with Gasteiger partial charge >= 0.3 is 0 Å². The number of rotatable bonds is 2. The van der Waals surface area contributed by atoms with Crippen molar-refractivity contribution in [2.24, 2.45) is 0 Å². The van der Waals surface area contributed by atoms with Crippen LogP contribution in [0.15, 0.2) is 18.2 Å². The molecule has 4 heteroatoms. The Morgan fingerprint density at radius 2 is 2.06 bits per heavy atom. The summed E-state index contributed by atoms with van der Waals surface area (Å²) in [5.74, 6) is -0.498. The van der Waals surface area contributed by atoms with E-state index >= 15 is 0 Å². The van der Waals surface area contributed by atoms with Crippen molar-refractivity contribution in [3.05, 3.63) is 35.1 Å². The Bertz CT molecular complexity index is 425. The average Bonchev–Trinajstić information content (AvgIpc) is 2.32. The van der Waals surface area contributed by atoms with Crippen LogP contribution < -0.4 is 0 Å². The summed E-state index contributed by atoms with van der Waals surface area (Å²) in [4.78, 5) is 13.0. The van der Waals surface area contributed by atoms with Gasteiger partial charge in [-0.3, -0.25) is 4.79 Å². The van der Waals surface area contributed by atoms with Crippen LogP contribution in [0.3, 0.4) is 0 Å². The molecule has 0 aliphatic carbocycles. The summed E-state index contributed by atoms with van der Waals surface area (Å²) in [5, 5.41) is 10.5. The number of piperidine rings is 1. The van der Waals surface area contributed by atoms with Gasteiger partial charge in [0.15, 0.2) is 6.29 Å². The Labute approximate surface area is 99.9 Å². The van der Waals surface area contributed by atoms with Crippen molar-refractivity contribution >= 4 is 6.29 Å². The van der Waals surface area contributed by atoms with E-state index in [-0.39, 0.29) is 11.1 Å². The number of benzene rings is 1. The molecular formula is C13H16FNO2. The van der Waals surface area contributed by atoms with E-state index in [0.717, 1.165) is 0 Å². The number of hydrogen-bond donors (Lipinski definition) is 1. The summed E-state index contributed by atoms with van der Waals surface area (Å²) in [6, 6.07) is 4.32. The summed E-state index contributed by atoms with van der Waals surface area (Å²) >= 11 is 0. The molecule has 0 radical (unpaired) electrons. The zero-order chi connectivity index (χ0) is 12.5. The van der Waals surface area contributed by atoms with Crippen molar-refractivity contribution < 1.29 is 14.3 Å². The molecule has 0 amide bonds. The highest BCUT2D eigenvalue weighted by Crippen LogP contribution is 2.35. The second kappa shape index (κ2) is 4.55. The first-order valence-corrected chi connectivity index (χ1v) is 5.72. The number of hydrogen-bond acceptors (Lipinski definition) is 3. The highest BCUT2D eigenvalue weighted by atomic mass is 19.1.